The molecule has 0 unspecified atom stereocenters. The van der Waals surface area contributed by atoms with Crippen LogP contribution in [0.1, 0.15) is 38.5 Å². The summed E-state index contributed by atoms with van der Waals surface area (Å²) >= 11 is 1.54. The van der Waals surface area contributed by atoms with Gasteiger partial charge in [-0.1, -0.05) is 25.7 Å². The predicted octanol–water partition coefficient (Wildman–Crippen LogP) is 2.43. The molecule has 2 heterocycles. The summed E-state index contributed by atoms with van der Waals surface area (Å²) in [5, 5.41) is 1.96. The van der Waals surface area contributed by atoms with Crippen molar-refractivity contribution in [3.8, 4) is 0 Å². The maximum atomic E-state index is 12.4. The summed E-state index contributed by atoms with van der Waals surface area (Å²) in [4.78, 5) is 20.8. The molecule has 22 heavy (non-hydrogen) atoms. The fourth-order valence-electron chi connectivity index (χ4n) is 2.93. The van der Waals surface area contributed by atoms with Crippen molar-refractivity contribution >= 4 is 33.3 Å². The SMILES string of the molecule is N[C@H]1CCCCCC[C@@H]1C(=O)NNc1ncnc2ccsc12. The van der Waals surface area contributed by atoms with Gasteiger partial charge in [-0.15, -0.1) is 11.3 Å². The number of nitrogens with two attached hydrogens (primary N) is 1. The Balaban J connectivity index is 1.64. The van der Waals surface area contributed by atoms with Crippen molar-refractivity contribution in [2.24, 2.45) is 11.7 Å². The average Bonchev–Trinajstić information content (AvgIpc) is 2.98. The molecule has 1 aliphatic rings. The van der Waals surface area contributed by atoms with Gasteiger partial charge in [0.15, 0.2) is 5.82 Å². The Bertz CT molecular complexity index is 644. The summed E-state index contributed by atoms with van der Waals surface area (Å²) < 4.78 is 0.935. The molecule has 0 aromatic carbocycles. The van der Waals surface area contributed by atoms with E-state index in [9.17, 15) is 4.79 Å². The summed E-state index contributed by atoms with van der Waals surface area (Å²) in [6, 6.07) is 1.87. The fraction of sp³-hybridized carbons (Fsp3) is 0.533. The largest absolute Gasteiger partial charge is 0.327 e. The van der Waals surface area contributed by atoms with Crippen molar-refractivity contribution in [1.82, 2.24) is 15.4 Å². The monoisotopic (exact) mass is 319 g/mol. The van der Waals surface area contributed by atoms with Crippen LogP contribution in [0.15, 0.2) is 17.8 Å². The number of amides is 1. The van der Waals surface area contributed by atoms with Gasteiger partial charge in [-0.3, -0.25) is 15.6 Å². The smallest absolute Gasteiger partial charge is 0.243 e. The van der Waals surface area contributed by atoms with Gasteiger partial charge in [0, 0.05) is 6.04 Å². The number of anilines is 1. The number of rotatable bonds is 3. The van der Waals surface area contributed by atoms with Gasteiger partial charge in [0.2, 0.25) is 5.91 Å². The number of hydrogen-bond acceptors (Lipinski definition) is 6. The summed E-state index contributed by atoms with van der Waals surface area (Å²) in [5.74, 6) is 0.457. The van der Waals surface area contributed by atoms with Crippen LogP contribution in [-0.4, -0.2) is 21.9 Å². The lowest BCUT2D eigenvalue weighted by Gasteiger charge is -2.25. The van der Waals surface area contributed by atoms with Crippen molar-refractivity contribution in [2.45, 2.75) is 44.6 Å². The third-order valence-electron chi connectivity index (χ3n) is 4.20. The lowest BCUT2D eigenvalue weighted by molar-refractivity contribution is -0.125. The van der Waals surface area contributed by atoms with Crippen LogP contribution in [0.25, 0.3) is 10.2 Å². The van der Waals surface area contributed by atoms with Gasteiger partial charge in [0.05, 0.1) is 16.1 Å². The van der Waals surface area contributed by atoms with E-state index in [-0.39, 0.29) is 17.9 Å². The molecule has 1 aliphatic carbocycles. The molecular formula is C15H21N5OS. The van der Waals surface area contributed by atoms with Gasteiger partial charge in [-0.05, 0) is 24.3 Å². The number of carbonyl (C=O) groups is 1. The minimum Gasteiger partial charge on any atom is -0.327 e. The summed E-state index contributed by atoms with van der Waals surface area (Å²) in [7, 11) is 0. The summed E-state index contributed by atoms with van der Waals surface area (Å²) in [5.41, 5.74) is 12.8. The van der Waals surface area contributed by atoms with Gasteiger partial charge in [-0.25, -0.2) is 9.97 Å². The molecule has 0 radical (unpaired) electrons. The number of carbonyl (C=O) groups excluding carboxylic acids is 1. The second-order valence-corrected chi connectivity index (χ2v) is 6.65. The number of aromatic nitrogens is 2. The van der Waals surface area contributed by atoms with Gasteiger partial charge in [0.1, 0.15) is 6.33 Å². The Morgan fingerprint density at radius 1 is 1.23 bits per heavy atom. The molecule has 1 saturated carbocycles. The zero-order valence-corrected chi connectivity index (χ0v) is 13.2. The van der Waals surface area contributed by atoms with E-state index < -0.39 is 0 Å². The number of nitrogens with zero attached hydrogens (tertiary/aromatic N) is 2. The normalized spacial score (nSPS) is 22.8. The first-order valence-corrected chi connectivity index (χ1v) is 8.63. The molecule has 0 saturated heterocycles. The third-order valence-corrected chi connectivity index (χ3v) is 5.11. The minimum absolute atomic E-state index is 0.0438. The van der Waals surface area contributed by atoms with Crippen LogP contribution in [0.3, 0.4) is 0 Å². The van der Waals surface area contributed by atoms with Gasteiger partial charge < -0.3 is 5.73 Å². The molecule has 0 aliphatic heterocycles. The highest BCUT2D eigenvalue weighted by Crippen LogP contribution is 2.25. The lowest BCUT2D eigenvalue weighted by Crippen LogP contribution is -2.44. The first-order valence-electron chi connectivity index (χ1n) is 7.75. The Hall–Kier alpha value is -1.73. The molecular weight excluding hydrogens is 298 g/mol. The summed E-state index contributed by atoms with van der Waals surface area (Å²) in [6.45, 7) is 0. The molecule has 0 bridgehead atoms. The van der Waals surface area contributed by atoms with E-state index in [0.717, 1.165) is 35.9 Å². The number of hydrazine groups is 1. The van der Waals surface area contributed by atoms with Crippen molar-refractivity contribution in [3.05, 3.63) is 17.8 Å². The second kappa shape index (κ2) is 7.02. The van der Waals surface area contributed by atoms with Crippen LogP contribution < -0.4 is 16.6 Å². The highest BCUT2D eigenvalue weighted by atomic mass is 32.1. The molecule has 4 N–H and O–H groups in total. The molecule has 2 aromatic heterocycles. The Morgan fingerprint density at radius 2 is 2.05 bits per heavy atom. The van der Waals surface area contributed by atoms with Crippen LogP contribution in [-0.2, 0) is 4.79 Å². The van der Waals surface area contributed by atoms with Gasteiger partial charge in [-0.2, -0.15) is 0 Å². The molecule has 3 rings (SSSR count). The lowest BCUT2D eigenvalue weighted by atomic mass is 9.87. The van der Waals surface area contributed by atoms with E-state index in [1.54, 1.807) is 11.3 Å². The number of thiophene rings is 1. The van der Waals surface area contributed by atoms with Crippen molar-refractivity contribution in [2.75, 3.05) is 5.43 Å². The average molecular weight is 319 g/mol. The van der Waals surface area contributed by atoms with Crippen LogP contribution in [0.4, 0.5) is 5.82 Å². The number of hydrogen-bond donors (Lipinski definition) is 3. The molecule has 6 nitrogen and oxygen atoms in total. The molecule has 7 heteroatoms. The molecule has 1 fully saturated rings. The van der Waals surface area contributed by atoms with E-state index >= 15 is 0 Å². The molecule has 118 valence electrons. The van der Waals surface area contributed by atoms with E-state index in [4.69, 9.17) is 5.73 Å². The van der Waals surface area contributed by atoms with Crippen LogP contribution in [0, 0.1) is 5.92 Å². The number of fused-ring (bicyclic) bond motifs is 1. The van der Waals surface area contributed by atoms with Crippen LogP contribution in [0.2, 0.25) is 0 Å². The Labute approximate surface area is 133 Å². The zero-order chi connectivity index (χ0) is 15.4. The molecule has 0 spiro atoms. The van der Waals surface area contributed by atoms with E-state index in [0.29, 0.717) is 5.82 Å². The van der Waals surface area contributed by atoms with Crippen molar-refractivity contribution in [1.29, 1.82) is 0 Å². The Kier molecular flexibility index (Phi) is 4.84. The van der Waals surface area contributed by atoms with E-state index in [1.165, 1.54) is 19.2 Å². The standard InChI is InChI=1S/C15H21N5OS/c16-11-6-4-2-1-3-5-10(11)15(21)20-19-14-13-12(7-8-22-13)17-9-18-14/h7-11H,1-6,16H2,(H,20,21)(H,17,18,19)/t10-,11-/m0/s1. The predicted molar refractivity (Wildman–Crippen MR) is 88.3 cm³/mol. The maximum absolute atomic E-state index is 12.4. The summed E-state index contributed by atoms with van der Waals surface area (Å²) in [6.07, 6.45) is 7.84. The topological polar surface area (TPSA) is 92.9 Å². The molecule has 2 aromatic rings. The number of nitrogens with one attached hydrogen (secondary N) is 2. The third kappa shape index (κ3) is 3.36. The van der Waals surface area contributed by atoms with Gasteiger partial charge in [0.25, 0.3) is 0 Å². The Morgan fingerprint density at radius 3 is 2.91 bits per heavy atom. The van der Waals surface area contributed by atoms with E-state index in [2.05, 4.69) is 20.8 Å². The van der Waals surface area contributed by atoms with Gasteiger partial charge >= 0.3 is 0 Å². The minimum atomic E-state index is -0.131. The van der Waals surface area contributed by atoms with Crippen LogP contribution >= 0.6 is 11.3 Å². The fourth-order valence-corrected chi connectivity index (χ4v) is 3.72. The second-order valence-electron chi connectivity index (χ2n) is 5.73. The van der Waals surface area contributed by atoms with E-state index in [1.807, 2.05) is 11.4 Å². The first-order chi connectivity index (χ1) is 10.8. The highest BCUT2D eigenvalue weighted by molar-refractivity contribution is 7.17. The molecule has 2 atom stereocenters. The maximum Gasteiger partial charge on any atom is 0.243 e. The van der Waals surface area contributed by atoms with Crippen LogP contribution in [0.5, 0.6) is 0 Å². The van der Waals surface area contributed by atoms with Crippen molar-refractivity contribution in [3.63, 3.8) is 0 Å². The quantitative estimate of drug-likeness (QED) is 0.756. The van der Waals surface area contributed by atoms with Crippen molar-refractivity contribution < 1.29 is 4.79 Å². The highest BCUT2D eigenvalue weighted by Gasteiger charge is 2.26. The molecule has 1 amide bonds. The first kappa shape index (κ1) is 15.2. The zero-order valence-electron chi connectivity index (χ0n) is 12.4.